The summed E-state index contributed by atoms with van der Waals surface area (Å²) in [6, 6.07) is 15.6. The van der Waals surface area contributed by atoms with E-state index in [4.69, 9.17) is 11.6 Å². The van der Waals surface area contributed by atoms with Crippen LogP contribution in [0.15, 0.2) is 48.5 Å². The number of carbonyl (C=O) groups is 1. The van der Waals surface area contributed by atoms with Gasteiger partial charge < -0.3 is 0 Å². The minimum atomic E-state index is -0.325. The third kappa shape index (κ3) is 4.27. The summed E-state index contributed by atoms with van der Waals surface area (Å²) in [6.07, 6.45) is 0.711. The molecule has 2 aromatic heterocycles. The Bertz CT molecular complexity index is 1230. The van der Waals surface area contributed by atoms with Crippen molar-refractivity contribution in [2.75, 3.05) is 5.32 Å². The van der Waals surface area contributed by atoms with Crippen molar-refractivity contribution in [1.82, 2.24) is 20.0 Å². The molecule has 0 atom stereocenters. The van der Waals surface area contributed by atoms with Gasteiger partial charge in [0.1, 0.15) is 0 Å². The van der Waals surface area contributed by atoms with Gasteiger partial charge in [0, 0.05) is 16.3 Å². The van der Waals surface area contributed by atoms with Crippen LogP contribution in [0.25, 0.3) is 5.69 Å². The van der Waals surface area contributed by atoms with Gasteiger partial charge in [0.2, 0.25) is 0 Å². The molecule has 8 heteroatoms. The summed E-state index contributed by atoms with van der Waals surface area (Å²) in [5.74, 6) is -0.325. The number of anilines is 1. The lowest BCUT2D eigenvalue weighted by molar-refractivity contribution is 0.102. The van der Waals surface area contributed by atoms with Gasteiger partial charge in [0.05, 0.1) is 17.1 Å². The van der Waals surface area contributed by atoms with Crippen LogP contribution in [0.5, 0.6) is 0 Å². The molecular formula is C22H20ClN5OS. The van der Waals surface area contributed by atoms with Crippen molar-refractivity contribution in [1.29, 1.82) is 0 Å². The standard InChI is InChI=1S/C22H20ClN5OS/c1-13-6-4-9-18(10-13)28-15(3)20(26-27-28)21(29)25-22-24-14(2)19(30-22)12-16-7-5-8-17(23)11-16/h4-11H,12H2,1-3H3,(H,24,25,29). The lowest BCUT2D eigenvalue weighted by Gasteiger charge is -2.04. The Morgan fingerprint density at radius 3 is 2.70 bits per heavy atom. The summed E-state index contributed by atoms with van der Waals surface area (Å²) in [5, 5.41) is 12.3. The fraction of sp³-hybridized carbons (Fsp3) is 0.182. The minimum Gasteiger partial charge on any atom is -0.296 e. The van der Waals surface area contributed by atoms with E-state index in [0.29, 0.717) is 22.3 Å². The molecule has 0 aliphatic heterocycles. The Hall–Kier alpha value is -3.03. The van der Waals surface area contributed by atoms with Gasteiger partial charge in [-0.1, -0.05) is 41.1 Å². The molecule has 4 aromatic rings. The van der Waals surface area contributed by atoms with E-state index in [2.05, 4.69) is 20.6 Å². The molecule has 0 fully saturated rings. The average molecular weight is 438 g/mol. The monoisotopic (exact) mass is 437 g/mol. The highest BCUT2D eigenvalue weighted by molar-refractivity contribution is 7.15. The number of carbonyl (C=O) groups excluding carboxylic acids is 1. The lowest BCUT2D eigenvalue weighted by atomic mass is 10.1. The molecule has 2 heterocycles. The summed E-state index contributed by atoms with van der Waals surface area (Å²) in [6.45, 7) is 5.77. The number of rotatable bonds is 5. The number of nitrogens with zero attached hydrogens (tertiary/aromatic N) is 4. The van der Waals surface area contributed by atoms with Crippen LogP contribution < -0.4 is 5.32 Å². The largest absolute Gasteiger partial charge is 0.296 e. The maximum absolute atomic E-state index is 12.8. The Labute approximate surface area is 183 Å². The summed E-state index contributed by atoms with van der Waals surface area (Å²) in [5.41, 5.74) is 4.91. The smallest absolute Gasteiger partial charge is 0.279 e. The second-order valence-corrected chi connectivity index (χ2v) is 8.58. The number of hydrogen-bond acceptors (Lipinski definition) is 5. The summed E-state index contributed by atoms with van der Waals surface area (Å²) < 4.78 is 1.67. The number of halogens is 1. The normalized spacial score (nSPS) is 10.9. The predicted molar refractivity (Wildman–Crippen MR) is 120 cm³/mol. The number of amides is 1. The van der Waals surface area contributed by atoms with Gasteiger partial charge in [-0.25, -0.2) is 9.67 Å². The SMILES string of the molecule is Cc1cccc(-n2nnc(C(=O)Nc3nc(C)c(Cc4cccc(Cl)c4)s3)c2C)c1. The summed E-state index contributed by atoms with van der Waals surface area (Å²) >= 11 is 7.53. The zero-order valence-electron chi connectivity index (χ0n) is 16.8. The first-order chi connectivity index (χ1) is 14.4. The van der Waals surface area contributed by atoms with Crippen molar-refractivity contribution in [2.24, 2.45) is 0 Å². The molecule has 152 valence electrons. The van der Waals surface area contributed by atoms with E-state index in [1.54, 1.807) is 4.68 Å². The van der Waals surface area contributed by atoms with Crippen molar-refractivity contribution >= 4 is 34.0 Å². The van der Waals surface area contributed by atoms with Gasteiger partial charge >= 0.3 is 0 Å². The second kappa shape index (κ2) is 8.38. The van der Waals surface area contributed by atoms with Crippen molar-refractivity contribution in [3.63, 3.8) is 0 Å². The molecule has 0 radical (unpaired) electrons. The van der Waals surface area contributed by atoms with Crippen molar-refractivity contribution in [2.45, 2.75) is 27.2 Å². The van der Waals surface area contributed by atoms with Gasteiger partial charge in [-0.05, 0) is 56.2 Å². The number of thiazole rings is 1. The highest BCUT2D eigenvalue weighted by Gasteiger charge is 2.19. The maximum Gasteiger partial charge on any atom is 0.279 e. The lowest BCUT2D eigenvalue weighted by Crippen LogP contribution is -2.14. The molecule has 0 saturated carbocycles. The molecule has 6 nitrogen and oxygen atoms in total. The van der Waals surface area contributed by atoms with Crippen LogP contribution in [0.3, 0.4) is 0 Å². The van der Waals surface area contributed by atoms with Crippen LogP contribution in [-0.2, 0) is 6.42 Å². The molecule has 1 amide bonds. The first-order valence-corrected chi connectivity index (χ1v) is 10.6. The van der Waals surface area contributed by atoms with Crippen LogP contribution in [0.1, 0.15) is 37.9 Å². The Morgan fingerprint density at radius 2 is 1.93 bits per heavy atom. The molecule has 2 aromatic carbocycles. The number of aromatic nitrogens is 4. The third-order valence-corrected chi connectivity index (χ3v) is 6.03. The van der Waals surface area contributed by atoms with Gasteiger partial charge in [-0.15, -0.1) is 16.4 Å². The highest BCUT2D eigenvalue weighted by atomic mass is 35.5. The number of nitrogens with one attached hydrogen (secondary N) is 1. The predicted octanol–water partition coefficient (Wildman–Crippen LogP) is 5.15. The Kier molecular flexibility index (Phi) is 5.65. The molecule has 0 saturated heterocycles. The summed E-state index contributed by atoms with van der Waals surface area (Å²) in [7, 11) is 0. The number of hydrogen-bond donors (Lipinski definition) is 1. The Balaban J connectivity index is 1.52. The van der Waals surface area contributed by atoms with E-state index in [-0.39, 0.29) is 11.6 Å². The van der Waals surface area contributed by atoms with Crippen LogP contribution in [0, 0.1) is 20.8 Å². The van der Waals surface area contributed by atoms with E-state index >= 15 is 0 Å². The molecule has 1 N–H and O–H groups in total. The molecule has 4 rings (SSSR count). The molecule has 0 bridgehead atoms. The molecule has 0 aliphatic rings. The zero-order chi connectivity index (χ0) is 21.3. The van der Waals surface area contributed by atoms with Gasteiger partial charge in [0.15, 0.2) is 10.8 Å². The van der Waals surface area contributed by atoms with E-state index < -0.39 is 0 Å². The first-order valence-electron chi connectivity index (χ1n) is 9.42. The highest BCUT2D eigenvalue weighted by Crippen LogP contribution is 2.26. The van der Waals surface area contributed by atoms with E-state index in [0.717, 1.165) is 27.4 Å². The van der Waals surface area contributed by atoms with Crippen LogP contribution >= 0.6 is 22.9 Å². The zero-order valence-corrected chi connectivity index (χ0v) is 18.4. The molecule has 0 unspecified atom stereocenters. The van der Waals surface area contributed by atoms with Gasteiger partial charge in [-0.2, -0.15) is 0 Å². The number of aryl methyl sites for hydroxylation is 2. The van der Waals surface area contributed by atoms with Gasteiger partial charge in [-0.3, -0.25) is 10.1 Å². The molecule has 0 aliphatic carbocycles. The molecule has 30 heavy (non-hydrogen) atoms. The fourth-order valence-electron chi connectivity index (χ4n) is 3.18. The number of benzene rings is 2. The van der Waals surface area contributed by atoms with Crippen molar-refractivity contribution in [3.05, 3.63) is 86.6 Å². The molecular weight excluding hydrogens is 418 g/mol. The van der Waals surface area contributed by atoms with Crippen molar-refractivity contribution < 1.29 is 4.79 Å². The summed E-state index contributed by atoms with van der Waals surface area (Å²) in [4.78, 5) is 18.4. The quantitative estimate of drug-likeness (QED) is 0.468. The average Bonchev–Trinajstić information content (AvgIpc) is 3.24. The topological polar surface area (TPSA) is 72.7 Å². The van der Waals surface area contributed by atoms with Crippen LogP contribution in [0.2, 0.25) is 5.02 Å². The van der Waals surface area contributed by atoms with E-state index in [1.165, 1.54) is 11.3 Å². The van der Waals surface area contributed by atoms with E-state index in [9.17, 15) is 4.79 Å². The van der Waals surface area contributed by atoms with Crippen molar-refractivity contribution in [3.8, 4) is 5.69 Å². The minimum absolute atomic E-state index is 0.278. The fourth-order valence-corrected chi connectivity index (χ4v) is 4.38. The Morgan fingerprint density at radius 1 is 1.13 bits per heavy atom. The third-order valence-electron chi connectivity index (χ3n) is 4.72. The maximum atomic E-state index is 12.8. The van der Waals surface area contributed by atoms with Crippen LogP contribution in [-0.4, -0.2) is 25.9 Å². The molecule has 0 spiro atoms. The second-order valence-electron chi connectivity index (χ2n) is 7.06. The first kappa shape index (κ1) is 20.3. The van der Waals surface area contributed by atoms with Crippen LogP contribution in [0.4, 0.5) is 5.13 Å². The van der Waals surface area contributed by atoms with Gasteiger partial charge in [0.25, 0.3) is 5.91 Å². The van der Waals surface area contributed by atoms with E-state index in [1.807, 2.05) is 69.3 Å².